The summed E-state index contributed by atoms with van der Waals surface area (Å²) in [5, 5.41) is 0. The first kappa shape index (κ1) is 73.1. The summed E-state index contributed by atoms with van der Waals surface area (Å²) in [6.45, 7) is 6.47. The van der Waals surface area contributed by atoms with Gasteiger partial charge in [0.25, 0.3) is 0 Å². The zero-order valence-corrected chi connectivity index (χ0v) is 50.4. The molecule has 0 heterocycles. The normalized spacial score (nSPS) is 12.8. The molecule has 0 spiro atoms. The lowest BCUT2D eigenvalue weighted by molar-refractivity contribution is -0.167. The molecule has 0 saturated carbocycles. The molecule has 0 rings (SSSR count). The number of rotatable bonds is 58. The second-order valence-corrected chi connectivity index (χ2v) is 21.3. The van der Waals surface area contributed by atoms with E-state index in [0.717, 1.165) is 116 Å². The SMILES string of the molecule is CC/C=C\C/C=C\C/C=C\C/C=C\C/C=C\C/C=C\CCCCC(=O)OC(COC(=O)CCCCCCC/C=C\C/C=C\CCCCC)COC(=O)CCCCCCCCCCCCC/C=C\CCCCCCCCCC. The number of esters is 3. The fourth-order valence-corrected chi connectivity index (χ4v) is 8.88. The Morgan fingerprint density at radius 2 is 0.506 bits per heavy atom. The van der Waals surface area contributed by atoms with Crippen molar-refractivity contribution in [3.8, 4) is 0 Å². The molecule has 0 N–H and O–H groups in total. The number of hydrogen-bond acceptors (Lipinski definition) is 6. The number of allylic oxidation sites excluding steroid dienone is 18. The molecular formula is C71H120O6. The third kappa shape index (κ3) is 62.8. The van der Waals surface area contributed by atoms with E-state index in [4.69, 9.17) is 14.2 Å². The van der Waals surface area contributed by atoms with Gasteiger partial charge in [0.05, 0.1) is 0 Å². The fraction of sp³-hybridized carbons (Fsp3) is 0.704. The molecule has 0 aliphatic rings. The Morgan fingerprint density at radius 1 is 0.273 bits per heavy atom. The lowest BCUT2D eigenvalue weighted by Crippen LogP contribution is -2.30. The minimum absolute atomic E-state index is 0.101. The summed E-state index contributed by atoms with van der Waals surface area (Å²) in [7, 11) is 0. The Hall–Kier alpha value is -3.93. The minimum atomic E-state index is -0.811. The summed E-state index contributed by atoms with van der Waals surface area (Å²) < 4.78 is 16.9. The minimum Gasteiger partial charge on any atom is -0.462 e. The van der Waals surface area contributed by atoms with Crippen LogP contribution in [0.25, 0.3) is 0 Å². The number of ether oxygens (including phenoxy) is 3. The van der Waals surface area contributed by atoms with Crippen molar-refractivity contribution in [2.24, 2.45) is 0 Å². The van der Waals surface area contributed by atoms with E-state index in [2.05, 4.69) is 130 Å². The van der Waals surface area contributed by atoms with Gasteiger partial charge in [-0.15, -0.1) is 0 Å². The average Bonchev–Trinajstić information content (AvgIpc) is 3.43. The molecule has 0 aliphatic carbocycles. The predicted octanol–water partition coefficient (Wildman–Crippen LogP) is 22.2. The Labute approximate surface area is 476 Å². The van der Waals surface area contributed by atoms with Crippen molar-refractivity contribution in [3.05, 3.63) is 109 Å². The van der Waals surface area contributed by atoms with Crippen LogP contribution in [0.5, 0.6) is 0 Å². The van der Waals surface area contributed by atoms with Gasteiger partial charge in [-0.3, -0.25) is 14.4 Å². The predicted molar refractivity (Wildman–Crippen MR) is 334 cm³/mol. The van der Waals surface area contributed by atoms with Crippen LogP contribution in [-0.4, -0.2) is 37.2 Å². The molecule has 1 atom stereocenters. The lowest BCUT2D eigenvalue weighted by atomic mass is 10.0. The number of carbonyl (C=O) groups excluding carboxylic acids is 3. The van der Waals surface area contributed by atoms with Crippen LogP contribution in [0.1, 0.15) is 303 Å². The number of unbranched alkanes of at least 4 members (excludes halogenated alkanes) is 29. The Balaban J connectivity index is 4.44. The van der Waals surface area contributed by atoms with Gasteiger partial charge in [0.15, 0.2) is 6.10 Å². The zero-order valence-electron chi connectivity index (χ0n) is 50.4. The molecule has 0 aliphatic heterocycles. The van der Waals surface area contributed by atoms with E-state index in [-0.39, 0.29) is 37.5 Å². The Morgan fingerprint density at radius 3 is 0.857 bits per heavy atom. The lowest BCUT2D eigenvalue weighted by Gasteiger charge is -2.18. The Kier molecular flexibility index (Phi) is 61.3. The van der Waals surface area contributed by atoms with Crippen molar-refractivity contribution in [1.82, 2.24) is 0 Å². The topological polar surface area (TPSA) is 78.9 Å². The fourth-order valence-electron chi connectivity index (χ4n) is 8.88. The summed E-state index contributed by atoms with van der Waals surface area (Å²) in [4.78, 5) is 38.3. The van der Waals surface area contributed by atoms with E-state index >= 15 is 0 Å². The van der Waals surface area contributed by atoms with E-state index < -0.39 is 6.10 Å². The third-order valence-electron chi connectivity index (χ3n) is 13.7. The van der Waals surface area contributed by atoms with Crippen LogP contribution < -0.4 is 0 Å². The van der Waals surface area contributed by atoms with Crippen molar-refractivity contribution < 1.29 is 28.6 Å². The molecule has 0 aromatic carbocycles. The molecular weight excluding hydrogens is 949 g/mol. The van der Waals surface area contributed by atoms with Crippen molar-refractivity contribution in [2.45, 2.75) is 309 Å². The van der Waals surface area contributed by atoms with E-state index in [0.29, 0.717) is 19.3 Å². The van der Waals surface area contributed by atoms with E-state index in [9.17, 15) is 14.4 Å². The van der Waals surface area contributed by atoms with Gasteiger partial charge in [0, 0.05) is 19.3 Å². The maximum Gasteiger partial charge on any atom is 0.306 e. The van der Waals surface area contributed by atoms with Crippen LogP contribution in [0, 0.1) is 0 Å². The van der Waals surface area contributed by atoms with Crippen LogP contribution in [0.15, 0.2) is 109 Å². The van der Waals surface area contributed by atoms with Gasteiger partial charge in [-0.05, 0) is 128 Å². The first-order valence-electron chi connectivity index (χ1n) is 32.4. The quantitative estimate of drug-likeness (QED) is 0.0261. The summed E-state index contributed by atoms with van der Waals surface area (Å²) in [5.41, 5.74) is 0. The first-order chi connectivity index (χ1) is 38.0. The molecule has 0 aromatic rings. The van der Waals surface area contributed by atoms with Crippen LogP contribution >= 0.6 is 0 Å². The molecule has 0 amide bonds. The van der Waals surface area contributed by atoms with Crippen molar-refractivity contribution in [2.75, 3.05) is 13.2 Å². The highest BCUT2D eigenvalue weighted by molar-refractivity contribution is 5.71. The summed E-state index contributed by atoms with van der Waals surface area (Å²) in [6.07, 6.45) is 88.1. The number of carbonyl (C=O) groups is 3. The molecule has 77 heavy (non-hydrogen) atoms. The average molecular weight is 1070 g/mol. The molecule has 440 valence electrons. The Bertz CT molecular complexity index is 1560. The van der Waals surface area contributed by atoms with Gasteiger partial charge in [-0.1, -0.05) is 265 Å². The van der Waals surface area contributed by atoms with Gasteiger partial charge < -0.3 is 14.2 Å². The molecule has 0 bridgehead atoms. The standard InChI is InChI=1S/C71H120O6/c1-4-7-10-13-16-19-22-25-28-30-32-34-35-37-38-40-43-46-49-52-55-58-61-64-70(73)76-67-68(66-75-69(72)63-60-57-54-51-48-45-42-27-24-21-18-15-12-9-6-3)77-71(74)65-62-59-56-53-50-47-44-41-39-36-33-31-29-26-23-20-17-14-11-8-5-2/h8,11,17-18,20-21,26-27,29-30,32-33,36,41-42,44,50,53,68H,4-7,9-10,12-16,19,22-25,28,31,34-35,37-40,43,45-49,51-52,54-67H2,1-3H3/b11-8-,20-17-,21-18-,29-26-,32-30-,36-33-,42-27-,44-41-,53-50-. The van der Waals surface area contributed by atoms with Crippen molar-refractivity contribution >= 4 is 17.9 Å². The molecule has 0 fully saturated rings. The summed E-state index contributed by atoms with van der Waals surface area (Å²) in [6, 6.07) is 0. The van der Waals surface area contributed by atoms with Gasteiger partial charge >= 0.3 is 17.9 Å². The highest BCUT2D eigenvalue weighted by Crippen LogP contribution is 2.16. The first-order valence-corrected chi connectivity index (χ1v) is 32.4. The van der Waals surface area contributed by atoms with Crippen LogP contribution in [0.3, 0.4) is 0 Å². The number of hydrogen-bond donors (Lipinski definition) is 0. The van der Waals surface area contributed by atoms with E-state index in [1.54, 1.807) is 0 Å². The van der Waals surface area contributed by atoms with Crippen LogP contribution in [0.2, 0.25) is 0 Å². The van der Waals surface area contributed by atoms with Gasteiger partial charge in [0.1, 0.15) is 13.2 Å². The van der Waals surface area contributed by atoms with Crippen molar-refractivity contribution in [3.63, 3.8) is 0 Å². The molecule has 6 heteroatoms. The third-order valence-corrected chi connectivity index (χ3v) is 13.7. The monoisotopic (exact) mass is 1070 g/mol. The van der Waals surface area contributed by atoms with Crippen LogP contribution in [-0.2, 0) is 28.6 Å². The van der Waals surface area contributed by atoms with Gasteiger partial charge in [-0.2, -0.15) is 0 Å². The summed E-state index contributed by atoms with van der Waals surface area (Å²) >= 11 is 0. The van der Waals surface area contributed by atoms with Crippen LogP contribution in [0.4, 0.5) is 0 Å². The van der Waals surface area contributed by atoms with E-state index in [1.807, 2.05) is 0 Å². The maximum atomic E-state index is 12.9. The molecule has 0 aromatic heterocycles. The molecule has 6 nitrogen and oxygen atoms in total. The largest absolute Gasteiger partial charge is 0.462 e. The summed E-state index contributed by atoms with van der Waals surface area (Å²) in [5.74, 6) is -0.953. The molecule has 1 unspecified atom stereocenters. The van der Waals surface area contributed by atoms with E-state index in [1.165, 1.54) is 141 Å². The molecule has 0 radical (unpaired) electrons. The van der Waals surface area contributed by atoms with Crippen molar-refractivity contribution in [1.29, 1.82) is 0 Å². The van der Waals surface area contributed by atoms with Gasteiger partial charge in [-0.25, -0.2) is 0 Å². The second kappa shape index (κ2) is 64.6. The highest BCUT2D eigenvalue weighted by Gasteiger charge is 2.19. The maximum absolute atomic E-state index is 12.9. The molecule has 0 saturated heterocycles. The second-order valence-electron chi connectivity index (χ2n) is 21.3. The zero-order chi connectivity index (χ0) is 55.7. The highest BCUT2D eigenvalue weighted by atomic mass is 16.6. The smallest absolute Gasteiger partial charge is 0.306 e. The van der Waals surface area contributed by atoms with Gasteiger partial charge in [0.2, 0.25) is 0 Å².